The summed E-state index contributed by atoms with van der Waals surface area (Å²) in [7, 11) is 0. The highest BCUT2D eigenvalue weighted by Gasteiger charge is 2.22. The Balaban J connectivity index is 1.93. The summed E-state index contributed by atoms with van der Waals surface area (Å²) in [5.74, 6) is 1.31. The van der Waals surface area contributed by atoms with E-state index in [0.29, 0.717) is 24.7 Å². The van der Waals surface area contributed by atoms with Gasteiger partial charge in [0.2, 0.25) is 5.91 Å². The average Bonchev–Trinajstić information content (AvgIpc) is 2.68. The number of rotatable bonds is 9. The Kier molecular flexibility index (Phi) is 8.61. The van der Waals surface area contributed by atoms with Gasteiger partial charge in [-0.2, -0.15) is 0 Å². The Hall–Kier alpha value is -2.05. The van der Waals surface area contributed by atoms with Crippen LogP contribution in [0.4, 0.5) is 0 Å². The minimum Gasteiger partial charge on any atom is -0.490 e. The number of morpholine rings is 1. The number of amides is 1. The van der Waals surface area contributed by atoms with Crippen molar-refractivity contribution in [1.29, 1.82) is 0 Å². The van der Waals surface area contributed by atoms with Gasteiger partial charge < -0.3 is 19.5 Å². The van der Waals surface area contributed by atoms with Crippen molar-refractivity contribution in [2.24, 2.45) is 0 Å². The summed E-state index contributed by atoms with van der Waals surface area (Å²) in [6, 6.07) is 5.99. The summed E-state index contributed by atoms with van der Waals surface area (Å²) in [4.78, 5) is 14.6. The molecule has 0 spiro atoms. The lowest BCUT2D eigenvalue weighted by Crippen LogP contribution is -2.51. The third-order valence-corrected chi connectivity index (χ3v) is 4.71. The van der Waals surface area contributed by atoms with Crippen LogP contribution in [-0.4, -0.2) is 62.4 Å². The summed E-state index contributed by atoms with van der Waals surface area (Å²) < 4.78 is 16.6. The van der Waals surface area contributed by atoms with E-state index < -0.39 is 0 Å². The lowest BCUT2D eigenvalue weighted by atomic mass is 10.1. The van der Waals surface area contributed by atoms with Crippen LogP contribution in [0.2, 0.25) is 0 Å². The van der Waals surface area contributed by atoms with Crippen LogP contribution in [0.25, 0.3) is 6.08 Å². The Morgan fingerprint density at radius 3 is 2.52 bits per heavy atom. The molecule has 1 aromatic carbocycles. The number of hydrogen-bond donors (Lipinski definition) is 1. The van der Waals surface area contributed by atoms with Crippen molar-refractivity contribution in [2.75, 3.05) is 39.5 Å². The molecular weight excluding hydrogens is 344 g/mol. The summed E-state index contributed by atoms with van der Waals surface area (Å²) in [5.41, 5.74) is 0.894. The molecule has 0 aliphatic carbocycles. The number of nitrogens with zero attached hydrogens (tertiary/aromatic N) is 1. The van der Waals surface area contributed by atoms with Gasteiger partial charge in [0, 0.05) is 31.2 Å². The highest BCUT2D eigenvalue weighted by atomic mass is 16.5. The van der Waals surface area contributed by atoms with E-state index in [1.54, 1.807) is 12.2 Å². The first-order chi connectivity index (χ1) is 13.0. The summed E-state index contributed by atoms with van der Waals surface area (Å²) in [5, 5.41) is 3.05. The highest BCUT2D eigenvalue weighted by Crippen LogP contribution is 2.29. The largest absolute Gasteiger partial charge is 0.490 e. The van der Waals surface area contributed by atoms with Gasteiger partial charge in [-0.25, -0.2) is 0 Å². The number of hydrogen-bond acceptors (Lipinski definition) is 5. The fourth-order valence-electron chi connectivity index (χ4n) is 3.04. The maximum atomic E-state index is 12.3. The van der Waals surface area contributed by atoms with Crippen molar-refractivity contribution in [3.05, 3.63) is 29.8 Å². The van der Waals surface area contributed by atoms with Gasteiger partial charge in [-0.05, 0) is 51.5 Å². The van der Waals surface area contributed by atoms with Crippen molar-refractivity contribution in [1.82, 2.24) is 10.2 Å². The van der Waals surface area contributed by atoms with E-state index in [4.69, 9.17) is 14.2 Å². The molecule has 1 amide bonds. The van der Waals surface area contributed by atoms with Gasteiger partial charge >= 0.3 is 0 Å². The van der Waals surface area contributed by atoms with Crippen LogP contribution in [0.15, 0.2) is 24.3 Å². The molecular formula is C21H32N2O4. The Bertz CT molecular complexity index is 627. The van der Waals surface area contributed by atoms with E-state index in [9.17, 15) is 4.79 Å². The zero-order chi connectivity index (χ0) is 19.6. The molecule has 1 heterocycles. The molecule has 0 aromatic heterocycles. The van der Waals surface area contributed by atoms with Crippen LogP contribution in [0.3, 0.4) is 0 Å². The SMILES string of the molecule is CCOc1ccc(C=CC(=O)NC(C)C(C)N2CCOCC2)cc1OCC. The maximum Gasteiger partial charge on any atom is 0.244 e. The van der Waals surface area contributed by atoms with Crippen LogP contribution in [-0.2, 0) is 9.53 Å². The van der Waals surface area contributed by atoms with E-state index in [0.717, 1.165) is 31.9 Å². The van der Waals surface area contributed by atoms with Gasteiger partial charge in [-0.15, -0.1) is 0 Å². The van der Waals surface area contributed by atoms with E-state index in [1.165, 1.54) is 0 Å². The highest BCUT2D eigenvalue weighted by molar-refractivity contribution is 5.92. The van der Waals surface area contributed by atoms with E-state index in [1.807, 2.05) is 39.0 Å². The van der Waals surface area contributed by atoms with Crippen LogP contribution in [0.1, 0.15) is 33.3 Å². The fourth-order valence-corrected chi connectivity index (χ4v) is 3.04. The summed E-state index contributed by atoms with van der Waals surface area (Å²) in [6.07, 6.45) is 3.35. The molecule has 1 fully saturated rings. The molecule has 0 bridgehead atoms. The molecule has 150 valence electrons. The average molecular weight is 376 g/mol. The number of ether oxygens (including phenoxy) is 3. The second kappa shape index (κ2) is 10.9. The Labute approximate surface area is 162 Å². The molecule has 6 nitrogen and oxygen atoms in total. The lowest BCUT2D eigenvalue weighted by molar-refractivity contribution is -0.117. The zero-order valence-electron chi connectivity index (χ0n) is 16.9. The monoisotopic (exact) mass is 376 g/mol. The van der Waals surface area contributed by atoms with E-state index >= 15 is 0 Å². The van der Waals surface area contributed by atoms with Gasteiger partial charge in [-0.3, -0.25) is 9.69 Å². The number of benzene rings is 1. The summed E-state index contributed by atoms with van der Waals surface area (Å²) in [6.45, 7) is 12.5. The lowest BCUT2D eigenvalue weighted by Gasteiger charge is -2.35. The minimum absolute atomic E-state index is 0.0552. The molecule has 2 atom stereocenters. The standard InChI is InChI=1S/C21H32N2O4/c1-5-26-19-9-7-18(15-20(19)27-6-2)8-10-21(24)22-16(3)17(4)23-11-13-25-14-12-23/h7-10,15-17H,5-6,11-14H2,1-4H3,(H,22,24). The van der Waals surface area contributed by atoms with Gasteiger partial charge in [-0.1, -0.05) is 6.07 Å². The summed E-state index contributed by atoms with van der Waals surface area (Å²) >= 11 is 0. The Morgan fingerprint density at radius 1 is 1.19 bits per heavy atom. The predicted octanol–water partition coefficient (Wildman–Crippen LogP) is 2.72. The molecule has 2 rings (SSSR count). The minimum atomic E-state index is -0.102. The molecule has 1 saturated heterocycles. The van der Waals surface area contributed by atoms with Crippen molar-refractivity contribution < 1.29 is 19.0 Å². The van der Waals surface area contributed by atoms with Crippen molar-refractivity contribution in [3.63, 3.8) is 0 Å². The molecule has 1 N–H and O–H groups in total. The number of carbonyl (C=O) groups excluding carboxylic acids is 1. The van der Waals surface area contributed by atoms with Crippen LogP contribution in [0.5, 0.6) is 11.5 Å². The molecule has 1 aliphatic heterocycles. The first kappa shape index (κ1) is 21.3. The van der Waals surface area contributed by atoms with Gasteiger partial charge in [0.1, 0.15) is 0 Å². The molecule has 0 saturated carbocycles. The van der Waals surface area contributed by atoms with Gasteiger partial charge in [0.15, 0.2) is 11.5 Å². The Morgan fingerprint density at radius 2 is 1.85 bits per heavy atom. The topological polar surface area (TPSA) is 60.0 Å². The number of nitrogens with one attached hydrogen (secondary N) is 1. The quantitative estimate of drug-likeness (QED) is 0.672. The first-order valence-corrected chi connectivity index (χ1v) is 9.75. The van der Waals surface area contributed by atoms with Crippen molar-refractivity contribution in [3.8, 4) is 11.5 Å². The normalized spacial score (nSPS) is 17.5. The van der Waals surface area contributed by atoms with Crippen LogP contribution >= 0.6 is 0 Å². The van der Waals surface area contributed by atoms with E-state index in [2.05, 4.69) is 17.1 Å². The second-order valence-corrected chi connectivity index (χ2v) is 6.59. The van der Waals surface area contributed by atoms with Crippen molar-refractivity contribution >= 4 is 12.0 Å². The van der Waals surface area contributed by atoms with Gasteiger partial charge in [0.05, 0.1) is 26.4 Å². The van der Waals surface area contributed by atoms with Crippen LogP contribution in [0, 0.1) is 0 Å². The molecule has 27 heavy (non-hydrogen) atoms. The zero-order valence-corrected chi connectivity index (χ0v) is 16.9. The third-order valence-electron chi connectivity index (χ3n) is 4.71. The molecule has 2 unspecified atom stereocenters. The maximum absolute atomic E-state index is 12.3. The smallest absolute Gasteiger partial charge is 0.244 e. The van der Waals surface area contributed by atoms with E-state index in [-0.39, 0.29) is 18.0 Å². The first-order valence-electron chi connectivity index (χ1n) is 9.75. The van der Waals surface area contributed by atoms with Crippen molar-refractivity contribution in [2.45, 2.75) is 39.8 Å². The molecule has 0 radical (unpaired) electrons. The molecule has 1 aromatic rings. The second-order valence-electron chi connectivity index (χ2n) is 6.59. The van der Waals surface area contributed by atoms with Crippen LogP contribution < -0.4 is 14.8 Å². The molecule has 1 aliphatic rings. The fraction of sp³-hybridized carbons (Fsp3) is 0.571. The number of carbonyl (C=O) groups is 1. The predicted molar refractivity (Wildman–Crippen MR) is 107 cm³/mol. The van der Waals surface area contributed by atoms with Gasteiger partial charge in [0.25, 0.3) is 0 Å². The molecule has 6 heteroatoms. The third kappa shape index (κ3) is 6.56.